The molecular weight excluding hydrogens is 222 g/mol. The van der Waals surface area contributed by atoms with Crippen molar-refractivity contribution in [3.05, 3.63) is 17.7 Å². The van der Waals surface area contributed by atoms with E-state index >= 15 is 0 Å². The SMILES string of the molecule is COc1cc2c(cc1OC)C(CC(=O)O)CN2. The molecule has 0 amide bonds. The van der Waals surface area contributed by atoms with E-state index < -0.39 is 5.97 Å². The van der Waals surface area contributed by atoms with Crippen LogP contribution in [0.3, 0.4) is 0 Å². The Balaban J connectivity index is 2.35. The first-order valence-corrected chi connectivity index (χ1v) is 5.37. The Morgan fingerprint density at radius 1 is 1.41 bits per heavy atom. The van der Waals surface area contributed by atoms with Crippen molar-refractivity contribution < 1.29 is 19.4 Å². The van der Waals surface area contributed by atoms with Crippen LogP contribution in [0.25, 0.3) is 0 Å². The van der Waals surface area contributed by atoms with Crippen molar-refractivity contribution in [1.82, 2.24) is 0 Å². The molecular formula is C12H15NO4. The summed E-state index contributed by atoms with van der Waals surface area (Å²) in [6, 6.07) is 3.69. The average molecular weight is 237 g/mol. The molecule has 5 heteroatoms. The Labute approximate surface area is 99.3 Å². The molecule has 1 aromatic rings. The van der Waals surface area contributed by atoms with Crippen LogP contribution in [-0.2, 0) is 4.79 Å². The van der Waals surface area contributed by atoms with Crippen LogP contribution >= 0.6 is 0 Å². The molecule has 0 saturated heterocycles. The van der Waals surface area contributed by atoms with Crippen LogP contribution in [0.4, 0.5) is 5.69 Å². The van der Waals surface area contributed by atoms with Gasteiger partial charge in [-0.2, -0.15) is 0 Å². The number of rotatable bonds is 4. The monoisotopic (exact) mass is 237 g/mol. The number of benzene rings is 1. The first-order valence-electron chi connectivity index (χ1n) is 5.37. The first-order chi connectivity index (χ1) is 8.15. The molecule has 92 valence electrons. The van der Waals surface area contributed by atoms with Crippen LogP contribution in [-0.4, -0.2) is 31.8 Å². The predicted molar refractivity (Wildman–Crippen MR) is 63.0 cm³/mol. The highest BCUT2D eigenvalue weighted by Gasteiger charge is 2.26. The fourth-order valence-electron chi connectivity index (χ4n) is 2.12. The maximum atomic E-state index is 10.8. The molecule has 1 heterocycles. The Hall–Kier alpha value is -1.91. The van der Waals surface area contributed by atoms with Gasteiger partial charge in [0.25, 0.3) is 0 Å². The summed E-state index contributed by atoms with van der Waals surface area (Å²) in [5.74, 6) is 0.474. The maximum Gasteiger partial charge on any atom is 0.304 e. The standard InChI is InChI=1S/C12H15NO4/c1-16-10-4-8-7(3-12(14)15)6-13-9(8)5-11(10)17-2/h4-5,7,13H,3,6H2,1-2H3,(H,14,15). The summed E-state index contributed by atoms with van der Waals surface area (Å²) >= 11 is 0. The van der Waals surface area contributed by atoms with E-state index in [1.807, 2.05) is 12.1 Å². The lowest BCUT2D eigenvalue weighted by atomic mass is 9.97. The fraction of sp³-hybridized carbons (Fsp3) is 0.417. The summed E-state index contributed by atoms with van der Waals surface area (Å²) in [4.78, 5) is 10.8. The molecule has 0 saturated carbocycles. The second kappa shape index (κ2) is 4.53. The Morgan fingerprint density at radius 2 is 2.06 bits per heavy atom. The smallest absolute Gasteiger partial charge is 0.304 e. The third kappa shape index (κ3) is 2.13. The van der Waals surface area contributed by atoms with E-state index in [1.54, 1.807) is 14.2 Å². The van der Waals surface area contributed by atoms with Gasteiger partial charge in [-0.15, -0.1) is 0 Å². The van der Waals surface area contributed by atoms with Gasteiger partial charge >= 0.3 is 5.97 Å². The molecule has 0 bridgehead atoms. The third-order valence-corrected chi connectivity index (χ3v) is 2.96. The van der Waals surface area contributed by atoms with Crippen LogP contribution in [0.1, 0.15) is 17.9 Å². The summed E-state index contributed by atoms with van der Waals surface area (Å²) in [7, 11) is 3.15. The molecule has 1 aliphatic rings. The molecule has 1 aliphatic heterocycles. The normalized spacial score (nSPS) is 17.2. The highest BCUT2D eigenvalue weighted by molar-refractivity contribution is 5.72. The van der Waals surface area contributed by atoms with E-state index in [0.717, 1.165) is 11.3 Å². The maximum absolute atomic E-state index is 10.8. The number of hydrogen-bond acceptors (Lipinski definition) is 4. The summed E-state index contributed by atoms with van der Waals surface area (Å²) < 4.78 is 10.4. The highest BCUT2D eigenvalue weighted by Crippen LogP contribution is 2.41. The van der Waals surface area contributed by atoms with E-state index in [2.05, 4.69) is 5.32 Å². The quantitative estimate of drug-likeness (QED) is 0.834. The lowest BCUT2D eigenvalue weighted by molar-refractivity contribution is -0.137. The number of carbonyl (C=O) groups is 1. The zero-order chi connectivity index (χ0) is 12.4. The lowest BCUT2D eigenvalue weighted by Crippen LogP contribution is -2.08. The second-order valence-electron chi connectivity index (χ2n) is 3.97. The van der Waals surface area contributed by atoms with Crippen LogP contribution in [0, 0.1) is 0 Å². The molecule has 0 radical (unpaired) electrons. The van der Waals surface area contributed by atoms with Gasteiger partial charge in [-0.25, -0.2) is 0 Å². The van der Waals surface area contributed by atoms with Crippen LogP contribution < -0.4 is 14.8 Å². The van der Waals surface area contributed by atoms with Gasteiger partial charge in [0.1, 0.15) is 0 Å². The topological polar surface area (TPSA) is 67.8 Å². The summed E-state index contributed by atoms with van der Waals surface area (Å²) in [6.45, 7) is 0.637. The predicted octanol–water partition coefficient (Wildman–Crippen LogP) is 1.69. The van der Waals surface area contributed by atoms with Gasteiger partial charge < -0.3 is 19.9 Å². The Kier molecular flexibility index (Phi) is 3.08. The number of carboxylic acids is 1. The number of aliphatic carboxylic acids is 1. The van der Waals surface area contributed by atoms with Gasteiger partial charge in [-0.05, 0) is 11.6 Å². The summed E-state index contributed by atoms with van der Waals surface area (Å²) in [5, 5.41) is 12.0. The van der Waals surface area contributed by atoms with Crippen molar-refractivity contribution in [3.63, 3.8) is 0 Å². The van der Waals surface area contributed by atoms with Crippen molar-refractivity contribution in [2.45, 2.75) is 12.3 Å². The Bertz CT molecular complexity index is 444. The third-order valence-electron chi connectivity index (χ3n) is 2.96. The largest absolute Gasteiger partial charge is 0.493 e. The molecule has 17 heavy (non-hydrogen) atoms. The molecule has 1 unspecified atom stereocenters. The van der Waals surface area contributed by atoms with Gasteiger partial charge in [0.05, 0.1) is 20.6 Å². The molecule has 0 fully saturated rings. The molecule has 5 nitrogen and oxygen atoms in total. The van der Waals surface area contributed by atoms with Gasteiger partial charge in [-0.1, -0.05) is 0 Å². The van der Waals surface area contributed by atoms with Crippen molar-refractivity contribution in [3.8, 4) is 11.5 Å². The average Bonchev–Trinajstić information content (AvgIpc) is 2.69. The minimum Gasteiger partial charge on any atom is -0.493 e. The minimum atomic E-state index is -0.792. The zero-order valence-corrected chi connectivity index (χ0v) is 9.82. The number of anilines is 1. The number of carboxylic acid groups (broad SMARTS) is 1. The number of methoxy groups -OCH3 is 2. The molecule has 2 rings (SSSR count). The van der Waals surface area contributed by atoms with E-state index in [4.69, 9.17) is 14.6 Å². The summed E-state index contributed by atoms with van der Waals surface area (Å²) in [5.41, 5.74) is 1.90. The van der Waals surface area contributed by atoms with E-state index in [0.29, 0.717) is 18.0 Å². The van der Waals surface area contributed by atoms with Crippen LogP contribution in [0.2, 0.25) is 0 Å². The molecule has 0 aromatic heterocycles. The van der Waals surface area contributed by atoms with Gasteiger partial charge in [0.15, 0.2) is 11.5 Å². The first kappa shape index (κ1) is 11.6. The van der Waals surface area contributed by atoms with Gasteiger partial charge in [0.2, 0.25) is 0 Å². The Morgan fingerprint density at radius 3 is 2.65 bits per heavy atom. The molecule has 1 aromatic carbocycles. The molecule has 2 N–H and O–H groups in total. The number of nitrogens with one attached hydrogen (secondary N) is 1. The van der Waals surface area contributed by atoms with Gasteiger partial charge in [-0.3, -0.25) is 4.79 Å². The fourth-order valence-corrected chi connectivity index (χ4v) is 2.12. The highest BCUT2D eigenvalue weighted by atomic mass is 16.5. The summed E-state index contributed by atoms with van der Waals surface area (Å²) in [6.07, 6.45) is 0.121. The van der Waals surface area contributed by atoms with Crippen molar-refractivity contribution in [2.24, 2.45) is 0 Å². The lowest BCUT2D eigenvalue weighted by Gasteiger charge is -2.12. The number of hydrogen-bond donors (Lipinski definition) is 2. The van der Waals surface area contributed by atoms with E-state index in [-0.39, 0.29) is 12.3 Å². The molecule has 0 aliphatic carbocycles. The van der Waals surface area contributed by atoms with Crippen molar-refractivity contribution in [2.75, 3.05) is 26.1 Å². The van der Waals surface area contributed by atoms with Crippen molar-refractivity contribution in [1.29, 1.82) is 0 Å². The second-order valence-corrected chi connectivity index (χ2v) is 3.97. The van der Waals surface area contributed by atoms with Crippen molar-refractivity contribution >= 4 is 11.7 Å². The minimum absolute atomic E-state index is 0.0118. The zero-order valence-electron chi connectivity index (χ0n) is 9.82. The van der Waals surface area contributed by atoms with Crippen LogP contribution in [0.5, 0.6) is 11.5 Å². The number of ether oxygens (including phenoxy) is 2. The van der Waals surface area contributed by atoms with E-state index in [1.165, 1.54) is 0 Å². The molecule has 0 spiro atoms. The van der Waals surface area contributed by atoms with E-state index in [9.17, 15) is 4.79 Å². The molecule has 1 atom stereocenters. The number of fused-ring (bicyclic) bond motifs is 1. The van der Waals surface area contributed by atoms with Gasteiger partial charge in [0, 0.05) is 24.2 Å². The van der Waals surface area contributed by atoms with Crippen LogP contribution in [0.15, 0.2) is 12.1 Å².